The van der Waals surface area contributed by atoms with Crippen molar-refractivity contribution in [2.45, 2.75) is 25.6 Å². The molecule has 3 nitrogen and oxygen atoms in total. The van der Waals surface area contributed by atoms with Crippen LogP contribution in [0.25, 0.3) is 0 Å². The number of benzene rings is 1. The van der Waals surface area contributed by atoms with E-state index in [-0.39, 0.29) is 12.5 Å². The van der Waals surface area contributed by atoms with Crippen LogP contribution in [0.4, 0.5) is 13.2 Å². The van der Waals surface area contributed by atoms with E-state index in [2.05, 4.69) is 5.32 Å². The maximum absolute atomic E-state index is 12.6. The van der Waals surface area contributed by atoms with Gasteiger partial charge in [0.1, 0.15) is 0 Å². The number of hydrogen-bond acceptors (Lipinski definition) is 2. The summed E-state index contributed by atoms with van der Waals surface area (Å²) in [4.78, 5) is 13.1. The third-order valence-corrected chi connectivity index (χ3v) is 3.04. The molecule has 0 spiro atoms. The van der Waals surface area contributed by atoms with Gasteiger partial charge in [0.15, 0.2) is 0 Å². The summed E-state index contributed by atoms with van der Waals surface area (Å²) in [7, 11) is 1.62. The third kappa shape index (κ3) is 5.61. The molecule has 1 rings (SSSR count). The molecule has 1 atom stereocenters. The van der Waals surface area contributed by atoms with E-state index in [1.165, 1.54) is 4.90 Å². The van der Waals surface area contributed by atoms with Crippen LogP contribution in [0.1, 0.15) is 24.9 Å². The zero-order valence-corrected chi connectivity index (χ0v) is 11.6. The quantitative estimate of drug-likeness (QED) is 0.873. The summed E-state index contributed by atoms with van der Waals surface area (Å²) in [5.41, 5.74) is 0.525. The summed E-state index contributed by atoms with van der Waals surface area (Å²) in [6.45, 7) is 2.22. The van der Waals surface area contributed by atoms with Gasteiger partial charge in [-0.2, -0.15) is 13.2 Å². The lowest BCUT2D eigenvalue weighted by Crippen LogP contribution is -2.38. The molecule has 1 aromatic carbocycles. The van der Waals surface area contributed by atoms with Gasteiger partial charge in [-0.25, -0.2) is 0 Å². The van der Waals surface area contributed by atoms with Crippen LogP contribution in [0, 0.1) is 0 Å². The van der Waals surface area contributed by atoms with Crippen LogP contribution in [0.15, 0.2) is 30.3 Å². The number of likely N-dealkylation sites (N-methyl/N-ethyl adjacent to an activating group) is 1. The zero-order chi connectivity index (χ0) is 15.2. The number of rotatable bonds is 6. The number of carbonyl (C=O) groups excluding carboxylic acids is 1. The average Bonchev–Trinajstić information content (AvgIpc) is 2.41. The van der Waals surface area contributed by atoms with Crippen molar-refractivity contribution in [2.75, 3.05) is 20.1 Å². The van der Waals surface area contributed by atoms with Crippen molar-refractivity contribution >= 4 is 5.91 Å². The Morgan fingerprint density at radius 2 is 1.90 bits per heavy atom. The van der Waals surface area contributed by atoms with Gasteiger partial charge in [-0.05, 0) is 12.5 Å². The summed E-state index contributed by atoms with van der Waals surface area (Å²) >= 11 is 0. The first-order chi connectivity index (χ1) is 9.33. The molecule has 1 aromatic rings. The van der Waals surface area contributed by atoms with Gasteiger partial charge in [0, 0.05) is 19.6 Å². The molecule has 0 fully saturated rings. The van der Waals surface area contributed by atoms with Crippen molar-refractivity contribution in [1.82, 2.24) is 10.2 Å². The van der Waals surface area contributed by atoms with E-state index in [4.69, 9.17) is 0 Å². The molecule has 1 unspecified atom stereocenters. The largest absolute Gasteiger partial charge is 0.390 e. The van der Waals surface area contributed by atoms with Gasteiger partial charge >= 0.3 is 6.18 Å². The maximum atomic E-state index is 12.6. The molecule has 0 radical (unpaired) electrons. The van der Waals surface area contributed by atoms with E-state index in [0.717, 1.165) is 0 Å². The summed E-state index contributed by atoms with van der Waals surface area (Å²) in [6.07, 6.45) is -5.28. The Labute approximate surface area is 116 Å². The molecule has 6 heteroatoms. The van der Waals surface area contributed by atoms with Crippen LogP contribution in [0.2, 0.25) is 0 Å². The van der Waals surface area contributed by atoms with Crippen molar-refractivity contribution in [3.63, 3.8) is 0 Å². The molecule has 20 heavy (non-hydrogen) atoms. The van der Waals surface area contributed by atoms with Crippen LogP contribution in [0.5, 0.6) is 0 Å². The summed E-state index contributed by atoms with van der Waals surface area (Å²) in [5, 5.41) is 2.70. The Balaban J connectivity index is 2.72. The molecule has 0 aliphatic carbocycles. The van der Waals surface area contributed by atoms with Crippen molar-refractivity contribution < 1.29 is 18.0 Å². The fourth-order valence-corrected chi connectivity index (χ4v) is 1.75. The lowest BCUT2D eigenvalue weighted by Gasteiger charge is -2.22. The van der Waals surface area contributed by atoms with Gasteiger partial charge in [0.25, 0.3) is 0 Å². The predicted octanol–water partition coefficient (Wildman–Crippen LogP) is 2.75. The standard InChI is InChI=1S/C14H19F3N2O/c1-3-19(2)13(20)10-18-12(9-14(15,16)17)11-7-5-4-6-8-11/h4-8,12,18H,3,9-10H2,1-2H3. The molecular formula is C14H19F3N2O. The van der Waals surface area contributed by atoms with Crippen LogP contribution in [-0.4, -0.2) is 37.1 Å². The predicted molar refractivity (Wildman–Crippen MR) is 71.2 cm³/mol. The second-order valence-corrected chi connectivity index (χ2v) is 4.57. The monoisotopic (exact) mass is 288 g/mol. The van der Waals surface area contributed by atoms with Gasteiger partial charge in [-0.15, -0.1) is 0 Å². The Morgan fingerprint density at radius 1 is 1.30 bits per heavy atom. The first kappa shape index (κ1) is 16.5. The first-order valence-corrected chi connectivity index (χ1v) is 6.42. The first-order valence-electron chi connectivity index (χ1n) is 6.42. The number of alkyl halides is 3. The second kappa shape index (κ2) is 7.28. The molecular weight excluding hydrogens is 269 g/mol. The molecule has 0 bridgehead atoms. The van der Waals surface area contributed by atoms with Crippen LogP contribution < -0.4 is 5.32 Å². The summed E-state index contributed by atoms with van der Waals surface area (Å²) in [5.74, 6) is -0.226. The van der Waals surface area contributed by atoms with E-state index >= 15 is 0 Å². The van der Waals surface area contributed by atoms with Crippen LogP contribution in [-0.2, 0) is 4.79 Å². The minimum atomic E-state index is -4.28. The van der Waals surface area contributed by atoms with Crippen LogP contribution >= 0.6 is 0 Å². The Kier molecular flexibility index (Phi) is 6.01. The van der Waals surface area contributed by atoms with Crippen LogP contribution in [0.3, 0.4) is 0 Å². The maximum Gasteiger partial charge on any atom is 0.390 e. The van der Waals surface area contributed by atoms with Crippen molar-refractivity contribution in [1.29, 1.82) is 0 Å². The average molecular weight is 288 g/mol. The molecule has 0 saturated heterocycles. The number of nitrogens with one attached hydrogen (secondary N) is 1. The molecule has 1 N–H and O–H groups in total. The summed E-state index contributed by atoms with van der Waals surface area (Å²) < 4.78 is 37.8. The third-order valence-electron chi connectivity index (χ3n) is 3.04. The number of carbonyl (C=O) groups is 1. The normalized spacial score (nSPS) is 13.1. The van der Waals surface area contributed by atoms with Crippen molar-refractivity contribution in [2.24, 2.45) is 0 Å². The molecule has 0 aliphatic heterocycles. The SMILES string of the molecule is CCN(C)C(=O)CNC(CC(F)(F)F)c1ccccc1. The van der Waals surface area contributed by atoms with Gasteiger partial charge < -0.3 is 10.2 Å². The zero-order valence-electron chi connectivity index (χ0n) is 11.6. The summed E-state index contributed by atoms with van der Waals surface area (Å²) in [6, 6.07) is 7.44. The highest BCUT2D eigenvalue weighted by atomic mass is 19.4. The van der Waals surface area contributed by atoms with Gasteiger partial charge in [0.05, 0.1) is 13.0 Å². The van der Waals surface area contributed by atoms with Crippen molar-refractivity contribution in [3.8, 4) is 0 Å². The molecule has 0 aliphatic rings. The van der Waals surface area contributed by atoms with E-state index in [1.807, 2.05) is 6.92 Å². The number of hydrogen-bond donors (Lipinski definition) is 1. The van der Waals surface area contributed by atoms with Crippen molar-refractivity contribution in [3.05, 3.63) is 35.9 Å². The van der Waals surface area contributed by atoms with E-state index in [0.29, 0.717) is 12.1 Å². The number of amides is 1. The molecule has 0 aromatic heterocycles. The fourth-order valence-electron chi connectivity index (χ4n) is 1.75. The Morgan fingerprint density at radius 3 is 2.40 bits per heavy atom. The Hall–Kier alpha value is -1.56. The minimum absolute atomic E-state index is 0.111. The molecule has 112 valence electrons. The number of halogens is 3. The lowest BCUT2D eigenvalue weighted by atomic mass is 10.0. The molecule has 1 amide bonds. The highest BCUT2D eigenvalue weighted by Gasteiger charge is 2.32. The van der Waals surface area contributed by atoms with Gasteiger partial charge in [-0.1, -0.05) is 30.3 Å². The lowest BCUT2D eigenvalue weighted by molar-refractivity contribution is -0.142. The van der Waals surface area contributed by atoms with E-state index in [9.17, 15) is 18.0 Å². The van der Waals surface area contributed by atoms with Gasteiger partial charge in [-0.3, -0.25) is 4.79 Å². The minimum Gasteiger partial charge on any atom is -0.345 e. The molecule has 0 saturated carbocycles. The van der Waals surface area contributed by atoms with E-state index in [1.54, 1.807) is 37.4 Å². The highest BCUT2D eigenvalue weighted by molar-refractivity contribution is 5.77. The number of nitrogens with zero attached hydrogens (tertiary/aromatic N) is 1. The van der Waals surface area contributed by atoms with E-state index < -0.39 is 18.6 Å². The fraction of sp³-hybridized carbons (Fsp3) is 0.500. The molecule has 0 heterocycles. The smallest absolute Gasteiger partial charge is 0.345 e. The Bertz CT molecular complexity index is 420. The van der Waals surface area contributed by atoms with Gasteiger partial charge in [0.2, 0.25) is 5.91 Å². The highest BCUT2D eigenvalue weighted by Crippen LogP contribution is 2.29. The topological polar surface area (TPSA) is 32.3 Å². The second-order valence-electron chi connectivity index (χ2n) is 4.57.